The van der Waals surface area contributed by atoms with E-state index in [1.165, 1.54) is 0 Å². The van der Waals surface area contributed by atoms with E-state index in [4.69, 9.17) is 5.73 Å². The van der Waals surface area contributed by atoms with Gasteiger partial charge in [0.15, 0.2) is 11.6 Å². The van der Waals surface area contributed by atoms with Crippen LogP contribution in [-0.2, 0) is 0 Å². The number of likely N-dealkylation sites (tertiary alicyclic amines) is 1. The molecule has 1 aromatic rings. The minimum atomic E-state index is -1.16. The average molecular weight is 286 g/mol. The number of nitrogens with two attached hydrogens (primary N) is 1. The molecule has 0 radical (unpaired) electrons. The normalized spacial score (nSPS) is 22.6. The Labute approximate surface area is 117 Å². The fourth-order valence-electron chi connectivity index (χ4n) is 2.86. The first-order valence-electron chi connectivity index (χ1n) is 7.11. The highest BCUT2D eigenvalue weighted by Gasteiger charge is 2.25. The van der Waals surface area contributed by atoms with Crippen LogP contribution in [0.5, 0.6) is 0 Å². The molecule has 0 aliphatic carbocycles. The number of rotatable bonds is 3. The Hall–Kier alpha value is -1.07. The highest BCUT2D eigenvalue weighted by Crippen LogP contribution is 2.28. The van der Waals surface area contributed by atoms with Gasteiger partial charge < -0.3 is 5.73 Å². The molecule has 2 rings (SSSR count). The van der Waals surface area contributed by atoms with Crippen molar-refractivity contribution in [2.45, 2.75) is 32.2 Å². The van der Waals surface area contributed by atoms with Gasteiger partial charge in [-0.05, 0) is 44.3 Å². The largest absolute Gasteiger partial charge is 0.329 e. The van der Waals surface area contributed by atoms with Gasteiger partial charge in [0, 0.05) is 18.2 Å². The fourth-order valence-corrected chi connectivity index (χ4v) is 2.86. The molecular weight excluding hydrogens is 265 g/mol. The van der Waals surface area contributed by atoms with Gasteiger partial charge in [-0.1, -0.05) is 6.92 Å². The monoisotopic (exact) mass is 286 g/mol. The van der Waals surface area contributed by atoms with Crippen molar-refractivity contribution in [3.8, 4) is 0 Å². The van der Waals surface area contributed by atoms with E-state index in [1.807, 2.05) is 0 Å². The Morgan fingerprint density at radius 2 is 1.85 bits per heavy atom. The zero-order valence-corrected chi connectivity index (χ0v) is 11.7. The molecular formula is C15H21F3N2. The second-order valence-electron chi connectivity index (χ2n) is 5.61. The minimum absolute atomic E-state index is 0.154. The zero-order valence-electron chi connectivity index (χ0n) is 11.7. The summed E-state index contributed by atoms with van der Waals surface area (Å²) in [4.78, 5) is 2.08. The fraction of sp³-hybridized carbons (Fsp3) is 0.600. The molecule has 2 unspecified atom stereocenters. The van der Waals surface area contributed by atoms with Crippen LogP contribution in [0.1, 0.15) is 37.8 Å². The van der Waals surface area contributed by atoms with Gasteiger partial charge in [0.25, 0.3) is 0 Å². The standard InChI is InChI=1S/C15H21F3N2/c1-10-3-2-5-20(6-4-10)15(9-19)11-7-13(17)14(18)8-12(11)16/h7-8,10,15H,2-6,9,19H2,1H3. The van der Waals surface area contributed by atoms with E-state index in [0.717, 1.165) is 38.4 Å². The van der Waals surface area contributed by atoms with Crippen molar-refractivity contribution in [3.05, 3.63) is 35.1 Å². The lowest BCUT2D eigenvalue weighted by Gasteiger charge is -2.30. The minimum Gasteiger partial charge on any atom is -0.329 e. The van der Waals surface area contributed by atoms with E-state index in [9.17, 15) is 13.2 Å². The lowest BCUT2D eigenvalue weighted by molar-refractivity contribution is 0.203. The molecule has 0 saturated carbocycles. The SMILES string of the molecule is CC1CCCN(C(CN)c2cc(F)c(F)cc2F)CC1. The molecule has 0 amide bonds. The molecule has 0 spiro atoms. The maximum atomic E-state index is 13.9. The Morgan fingerprint density at radius 3 is 2.55 bits per heavy atom. The molecule has 5 heteroatoms. The van der Waals surface area contributed by atoms with Gasteiger partial charge in [0.1, 0.15) is 5.82 Å². The molecule has 0 aromatic heterocycles. The van der Waals surface area contributed by atoms with Gasteiger partial charge in [-0.15, -0.1) is 0 Å². The third kappa shape index (κ3) is 3.33. The summed E-state index contributed by atoms with van der Waals surface area (Å²) < 4.78 is 40.3. The highest BCUT2D eigenvalue weighted by atomic mass is 19.2. The first kappa shape index (κ1) is 15.3. The molecule has 1 aliphatic rings. The van der Waals surface area contributed by atoms with Crippen LogP contribution in [0.25, 0.3) is 0 Å². The van der Waals surface area contributed by atoms with Crippen molar-refractivity contribution in [2.24, 2.45) is 11.7 Å². The lowest BCUT2D eigenvalue weighted by Crippen LogP contribution is -2.35. The molecule has 2 nitrogen and oxygen atoms in total. The number of nitrogens with zero attached hydrogens (tertiary/aromatic N) is 1. The van der Waals surface area contributed by atoms with E-state index in [1.54, 1.807) is 0 Å². The second-order valence-corrected chi connectivity index (χ2v) is 5.61. The number of hydrogen-bond donors (Lipinski definition) is 1. The van der Waals surface area contributed by atoms with Gasteiger partial charge >= 0.3 is 0 Å². The van der Waals surface area contributed by atoms with E-state index in [2.05, 4.69) is 11.8 Å². The summed E-state index contributed by atoms with van der Waals surface area (Å²) in [5.74, 6) is -2.28. The maximum Gasteiger partial charge on any atom is 0.161 e. The predicted molar refractivity (Wildman–Crippen MR) is 72.7 cm³/mol. The van der Waals surface area contributed by atoms with E-state index < -0.39 is 23.5 Å². The van der Waals surface area contributed by atoms with Crippen LogP contribution in [-0.4, -0.2) is 24.5 Å². The number of halogens is 3. The van der Waals surface area contributed by atoms with Gasteiger partial charge in [-0.3, -0.25) is 4.90 Å². The molecule has 1 heterocycles. The topological polar surface area (TPSA) is 29.3 Å². The highest BCUT2D eigenvalue weighted by molar-refractivity contribution is 5.24. The maximum absolute atomic E-state index is 13.9. The molecule has 20 heavy (non-hydrogen) atoms. The lowest BCUT2D eigenvalue weighted by atomic mass is 10.0. The van der Waals surface area contributed by atoms with E-state index >= 15 is 0 Å². The quantitative estimate of drug-likeness (QED) is 0.864. The summed E-state index contributed by atoms with van der Waals surface area (Å²) in [6, 6.07) is 1.15. The van der Waals surface area contributed by atoms with Crippen molar-refractivity contribution in [3.63, 3.8) is 0 Å². The molecule has 1 fully saturated rings. The van der Waals surface area contributed by atoms with Crippen LogP contribution in [0.2, 0.25) is 0 Å². The zero-order chi connectivity index (χ0) is 14.7. The molecule has 1 aliphatic heterocycles. The van der Waals surface area contributed by atoms with Gasteiger partial charge in [-0.25, -0.2) is 13.2 Å². The van der Waals surface area contributed by atoms with Crippen molar-refractivity contribution in [2.75, 3.05) is 19.6 Å². The summed E-state index contributed by atoms with van der Waals surface area (Å²) in [6.45, 7) is 4.00. The van der Waals surface area contributed by atoms with Gasteiger partial charge in [0.05, 0.1) is 6.04 Å². The molecule has 2 N–H and O–H groups in total. The van der Waals surface area contributed by atoms with Crippen LogP contribution >= 0.6 is 0 Å². The van der Waals surface area contributed by atoms with Crippen molar-refractivity contribution in [1.82, 2.24) is 4.90 Å². The third-order valence-electron chi connectivity index (χ3n) is 4.11. The van der Waals surface area contributed by atoms with Crippen molar-refractivity contribution in [1.29, 1.82) is 0 Å². The summed E-state index contributed by atoms with van der Waals surface area (Å²) in [7, 11) is 0. The van der Waals surface area contributed by atoms with Crippen molar-refractivity contribution < 1.29 is 13.2 Å². The van der Waals surface area contributed by atoms with E-state index in [-0.39, 0.29) is 12.1 Å². The van der Waals surface area contributed by atoms with Crippen LogP contribution in [0.4, 0.5) is 13.2 Å². The molecule has 1 saturated heterocycles. The summed E-state index contributed by atoms with van der Waals surface area (Å²) >= 11 is 0. The van der Waals surface area contributed by atoms with Crippen LogP contribution in [0.3, 0.4) is 0 Å². The third-order valence-corrected chi connectivity index (χ3v) is 4.11. The molecule has 112 valence electrons. The average Bonchev–Trinajstić information content (AvgIpc) is 2.62. The molecule has 0 bridgehead atoms. The first-order valence-corrected chi connectivity index (χ1v) is 7.11. The Balaban J connectivity index is 2.25. The Morgan fingerprint density at radius 1 is 1.15 bits per heavy atom. The molecule has 2 atom stereocenters. The second kappa shape index (κ2) is 6.59. The molecule has 1 aromatic carbocycles. The summed E-state index contributed by atoms with van der Waals surface area (Å²) in [5, 5.41) is 0. The van der Waals surface area contributed by atoms with Crippen LogP contribution < -0.4 is 5.73 Å². The van der Waals surface area contributed by atoms with Crippen LogP contribution in [0.15, 0.2) is 12.1 Å². The summed E-state index contributed by atoms with van der Waals surface area (Å²) in [6.07, 6.45) is 3.17. The first-order chi connectivity index (χ1) is 9.52. The van der Waals surface area contributed by atoms with Gasteiger partial charge in [-0.2, -0.15) is 0 Å². The number of benzene rings is 1. The van der Waals surface area contributed by atoms with E-state index in [0.29, 0.717) is 12.0 Å². The Kier molecular flexibility index (Phi) is 5.05. The van der Waals surface area contributed by atoms with Crippen LogP contribution in [0, 0.1) is 23.4 Å². The smallest absolute Gasteiger partial charge is 0.161 e. The Bertz CT molecular complexity index is 465. The predicted octanol–water partition coefficient (Wildman–Crippen LogP) is 3.23. The number of hydrogen-bond acceptors (Lipinski definition) is 2. The van der Waals surface area contributed by atoms with Crippen molar-refractivity contribution >= 4 is 0 Å². The summed E-state index contributed by atoms with van der Waals surface area (Å²) in [5.41, 5.74) is 5.91. The van der Waals surface area contributed by atoms with Gasteiger partial charge in [0.2, 0.25) is 0 Å².